The second-order valence-corrected chi connectivity index (χ2v) is 14.4. The summed E-state index contributed by atoms with van der Waals surface area (Å²) >= 11 is 0. The highest BCUT2D eigenvalue weighted by atomic mass is 16.7. The van der Waals surface area contributed by atoms with Crippen LogP contribution in [0.4, 0.5) is 0 Å². The van der Waals surface area contributed by atoms with Crippen LogP contribution in [-0.2, 0) is 33.3 Å². The van der Waals surface area contributed by atoms with Crippen LogP contribution in [0, 0.1) is 34.5 Å². The number of ether oxygens (including phenoxy) is 4. The fourth-order valence-corrected chi connectivity index (χ4v) is 10.2. The maximum Gasteiger partial charge on any atom is 0.335 e. The summed E-state index contributed by atoms with van der Waals surface area (Å²) in [6.07, 6.45) is -0.884. The molecule has 3 aliphatic carbocycles. The minimum absolute atomic E-state index is 0.0634. The molecule has 6 fully saturated rings. The standard InChI is InChI=1S/C32H40O11/c1-7-14(2)22(34)27(36)42-25-23-20(15(3)32(38)18(33)10-17(30(25,32)6)16-8-9-39-12-16)29(5)19(41-23)11-31(37)21-24(29)28(4,43-31)13-40-26(21)35/h8-9,12,14,17,19-25,34,37-38H,3,7,10-11,13H2,1-2,4-6H3/t14-,17+,19+,20-,21-,22-,23-,24+,25+,28-,29-,30-,31-,32-/m1/s1. The molecule has 7 rings (SSSR count). The number of carbonyl (C=O) groups excluding carboxylic acids is 3. The number of aliphatic hydroxyl groups excluding tert-OH is 1. The Kier molecular flexibility index (Phi) is 5.96. The average molecular weight is 601 g/mol. The largest absolute Gasteiger partial charge is 0.472 e. The van der Waals surface area contributed by atoms with Crippen molar-refractivity contribution < 1.29 is 53.1 Å². The Labute approximate surface area is 249 Å². The average Bonchev–Trinajstić information content (AvgIpc) is 3.66. The normalized spacial score (nSPS) is 50.9. The number of Topliss-reactive ketones (excluding diaryl/α,β-unsaturated/α-hetero) is 1. The number of furan rings is 1. The van der Waals surface area contributed by atoms with E-state index < -0.39 is 99.5 Å². The quantitative estimate of drug-likeness (QED) is 0.335. The van der Waals surface area contributed by atoms with Gasteiger partial charge in [0.1, 0.15) is 30.3 Å². The number of hydrogen-bond donors (Lipinski definition) is 3. The second-order valence-electron chi connectivity index (χ2n) is 14.4. The van der Waals surface area contributed by atoms with Gasteiger partial charge in [0.2, 0.25) is 0 Å². The highest BCUT2D eigenvalue weighted by Crippen LogP contribution is 2.74. The van der Waals surface area contributed by atoms with Gasteiger partial charge in [0.25, 0.3) is 0 Å². The molecule has 0 amide bonds. The molecule has 1 aromatic rings. The van der Waals surface area contributed by atoms with Crippen LogP contribution in [-0.4, -0.2) is 81.1 Å². The first kappa shape index (κ1) is 29.2. The van der Waals surface area contributed by atoms with Crippen LogP contribution in [0.1, 0.15) is 65.4 Å². The topological polar surface area (TPSA) is 162 Å². The number of fused-ring (bicyclic) bond motifs is 4. The van der Waals surface area contributed by atoms with Crippen molar-refractivity contribution in [3.05, 3.63) is 36.3 Å². The van der Waals surface area contributed by atoms with E-state index >= 15 is 0 Å². The first-order chi connectivity index (χ1) is 20.1. The predicted molar refractivity (Wildman–Crippen MR) is 146 cm³/mol. The Bertz CT molecular complexity index is 1410. The lowest BCUT2D eigenvalue weighted by molar-refractivity contribution is -0.246. The van der Waals surface area contributed by atoms with Gasteiger partial charge in [0, 0.05) is 36.0 Å². The molecule has 11 heteroatoms. The lowest BCUT2D eigenvalue weighted by Gasteiger charge is -2.58. The van der Waals surface area contributed by atoms with Crippen molar-refractivity contribution in [1.82, 2.24) is 0 Å². The Hall–Kier alpha value is -2.57. The maximum absolute atomic E-state index is 14.0. The highest BCUT2D eigenvalue weighted by Gasteiger charge is 2.84. The molecule has 6 aliphatic rings. The molecule has 14 atom stereocenters. The fraction of sp³-hybridized carbons (Fsp3) is 0.719. The third kappa shape index (κ3) is 3.25. The molecule has 234 valence electrons. The third-order valence-corrected chi connectivity index (χ3v) is 12.4. The van der Waals surface area contributed by atoms with E-state index in [1.165, 1.54) is 12.5 Å². The van der Waals surface area contributed by atoms with Crippen LogP contribution in [0.2, 0.25) is 0 Å². The van der Waals surface area contributed by atoms with E-state index in [1.807, 2.05) is 13.8 Å². The number of rotatable bonds is 5. The molecule has 0 aromatic carbocycles. The molecule has 1 aromatic heterocycles. The maximum atomic E-state index is 14.0. The van der Waals surface area contributed by atoms with E-state index in [0.29, 0.717) is 12.0 Å². The van der Waals surface area contributed by atoms with Crippen molar-refractivity contribution in [2.45, 2.75) is 101 Å². The minimum Gasteiger partial charge on any atom is -0.472 e. The summed E-state index contributed by atoms with van der Waals surface area (Å²) in [7, 11) is 0. The molecule has 0 radical (unpaired) electrons. The molecule has 4 bridgehead atoms. The van der Waals surface area contributed by atoms with Crippen molar-refractivity contribution in [2.24, 2.45) is 34.5 Å². The molecule has 11 nitrogen and oxygen atoms in total. The number of cyclic esters (lactones) is 1. The predicted octanol–water partition coefficient (Wildman–Crippen LogP) is 2.02. The lowest BCUT2D eigenvalue weighted by atomic mass is 9.45. The summed E-state index contributed by atoms with van der Waals surface area (Å²) in [6.45, 7) is 13.3. The summed E-state index contributed by atoms with van der Waals surface area (Å²) in [5, 5.41) is 35.2. The van der Waals surface area contributed by atoms with Crippen molar-refractivity contribution in [3.63, 3.8) is 0 Å². The summed E-state index contributed by atoms with van der Waals surface area (Å²) in [6, 6.07) is 1.72. The van der Waals surface area contributed by atoms with Crippen molar-refractivity contribution in [2.75, 3.05) is 6.61 Å². The van der Waals surface area contributed by atoms with Crippen LogP contribution in [0.25, 0.3) is 0 Å². The van der Waals surface area contributed by atoms with Crippen LogP contribution in [0.3, 0.4) is 0 Å². The van der Waals surface area contributed by atoms with Crippen molar-refractivity contribution in [3.8, 4) is 0 Å². The molecule has 3 aliphatic heterocycles. The van der Waals surface area contributed by atoms with Gasteiger partial charge >= 0.3 is 11.9 Å². The van der Waals surface area contributed by atoms with Gasteiger partial charge in [-0.25, -0.2) is 4.79 Å². The van der Waals surface area contributed by atoms with Gasteiger partial charge < -0.3 is 38.7 Å². The molecule has 0 unspecified atom stereocenters. The first-order valence-corrected chi connectivity index (χ1v) is 15.2. The monoisotopic (exact) mass is 600 g/mol. The third-order valence-electron chi connectivity index (χ3n) is 12.4. The van der Waals surface area contributed by atoms with Crippen molar-refractivity contribution >= 4 is 17.7 Å². The zero-order valence-corrected chi connectivity index (χ0v) is 25.1. The molecular weight excluding hydrogens is 560 g/mol. The number of hydrogen-bond acceptors (Lipinski definition) is 11. The van der Waals surface area contributed by atoms with Gasteiger partial charge in [0.05, 0.1) is 24.0 Å². The summed E-state index contributed by atoms with van der Waals surface area (Å²) in [5.74, 6) is -7.20. The van der Waals surface area contributed by atoms with E-state index in [4.69, 9.17) is 23.4 Å². The molecule has 43 heavy (non-hydrogen) atoms. The summed E-state index contributed by atoms with van der Waals surface area (Å²) < 4.78 is 30.0. The second kappa shape index (κ2) is 8.78. The smallest absolute Gasteiger partial charge is 0.335 e. The zero-order chi connectivity index (χ0) is 31.1. The molecular formula is C32H40O11. The van der Waals surface area contributed by atoms with Gasteiger partial charge in [0.15, 0.2) is 23.3 Å². The number of esters is 2. The van der Waals surface area contributed by atoms with Crippen LogP contribution in [0.5, 0.6) is 0 Å². The van der Waals surface area contributed by atoms with Crippen LogP contribution >= 0.6 is 0 Å². The molecule has 4 heterocycles. The Balaban J connectivity index is 1.40. The molecule has 0 spiro atoms. The fourth-order valence-electron chi connectivity index (χ4n) is 10.2. The van der Waals surface area contributed by atoms with E-state index in [2.05, 4.69) is 6.58 Å². The van der Waals surface area contributed by atoms with Crippen LogP contribution < -0.4 is 0 Å². The highest BCUT2D eigenvalue weighted by molar-refractivity contribution is 5.96. The Morgan fingerprint density at radius 2 is 1.93 bits per heavy atom. The van der Waals surface area contributed by atoms with E-state index in [1.54, 1.807) is 26.8 Å². The van der Waals surface area contributed by atoms with Gasteiger partial charge in [-0.15, -0.1) is 0 Å². The Morgan fingerprint density at radius 1 is 1.21 bits per heavy atom. The van der Waals surface area contributed by atoms with E-state index in [0.717, 1.165) is 0 Å². The Morgan fingerprint density at radius 3 is 2.58 bits per heavy atom. The van der Waals surface area contributed by atoms with Gasteiger partial charge in [-0.3, -0.25) is 9.59 Å². The van der Waals surface area contributed by atoms with E-state index in [9.17, 15) is 29.7 Å². The minimum atomic E-state index is -2.15. The molecule has 3 saturated heterocycles. The van der Waals surface area contributed by atoms with Gasteiger partial charge in [-0.2, -0.15) is 0 Å². The van der Waals surface area contributed by atoms with Gasteiger partial charge in [-0.05, 0) is 30.0 Å². The summed E-state index contributed by atoms with van der Waals surface area (Å²) in [5.41, 5.74) is -4.78. The lowest BCUT2D eigenvalue weighted by Crippen LogP contribution is -2.69. The van der Waals surface area contributed by atoms with Gasteiger partial charge in [-0.1, -0.05) is 40.7 Å². The van der Waals surface area contributed by atoms with Crippen molar-refractivity contribution in [1.29, 1.82) is 0 Å². The summed E-state index contributed by atoms with van der Waals surface area (Å²) in [4.78, 5) is 40.7. The first-order valence-electron chi connectivity index (χ1n) is 15.2. The SMILES string of the molecule is C=C1[C@@H]2[C@@H](O[C@H]3C[C@@]4(O)O[C@]5(C)COC(=O)[C@H]4[C@@H]5[C@]32C)[C@H](OC(=O)[C@H](O)[C@H](C)CC)[C@@]2(C)[C@H](c3ccoc3)CC(=O)[C@]12O. The van der Waals surface area contributed by atoms with Crippen LogP contribution in [0.15, 0.2) is 35.2 Å². The van der Waals surface area contributed by atoms with E-state index in [-0.39, 0.29) is 25.0 Å². The zero-order valence-electron chi connectivity index (χ0n) is 25.1. The number of aliphatic hydroxyl groups is 3. The molecule has 3 N–H and O–H groups in total. The number of ketones is 1. The number of carbonyl (C=O) groups is 3. The molecule has 3 saturated carbocycles.